The monoisotopic (exact) mass is 269 g/mol. The summed E-state index contributed by atoms with van der Waals surface area (Å²) < 4.78 is 13.8. The van der Waals surface area contributed by atoms with Crippen LogP contribution in [0.2, 0.25) is 0 Å². The summed E-state index contributed by atoms with van der Waals surface area (Å²) >= 11 is 0. The second kappa shape index (κ2) is 4.75. The van der Waals surface area contributed by atoms with Crippen LogP contribution in [0.4, 0.5) is 10.1 Å². The van der Waals surface area contributed by atoms with E-state index in [2.05, 4.69) is 5.32 Å². The van der Waals surface area contributed by atoms with Crippen molar-refractivity contribution < 1.29 is 9.18 Å². The lowest BCUT2D eigenvalue weighted by molar-refractivity contribution is -0.117. The fourth-order valence-electron chi connectivity index (χ4n) is 2.88. The summed E-state index contributed by atoms with van der Waals surface area (Å²) in [5.41, 5.74) is 4.64. The van der Waals surface area contributed by atoms with Gasteiger partial charge in [-0.3, -0.25) is 4.79 Å². The first-order valence-corrected chi connectivity index (χ1v) is 6.71. The maximum atomic E-state index is 13.8. The first kappa shape index (κ1) is 12.9. The Morgan fingerprint density at radius 2 is 1.95 bits per heavy atom. The lowest BCUT2D eigenvalue weighted by Gasteiger charge is -2.11. The largest absolute Gasteiger partial charge is 0.325 e. The molecule has 1 unspecified atom stereocenters. The molecule has 0 aromatic heterocycles. The SMILES string of the molecule is Cc1cc(C)c2c(c1)C(Cc1ccccc1F)C(=O)N2. The standard InChI is InChI=1S/C17H16FNO/c1-10-7-11(2)16-13(8-10)14(17(20)19-16)9-12-5-3-4-6-15(12)18/h3-8,14H,9H2,1-2H3,(H,19,20). The Morgan fingerprint density at radius 1 is 1.20 bits per heavy atom. The summed E-state index contributed by atoms with van der Waals surface area (Å²) in [6, 6.07) is 10.7. The maximum absolute atomic E-state index is 13.8. The molecule has 1 aliphatic heterocycles. The molecule has 0 aliphatic carbocycles. The van der Waals surface area contributed by atoms with Gasteiger partial charge in [-0.15, -0.1) is 0 Å². The number of hydrogen-bond acceptors (Lipinski definition) is 1. The van der Waals surface area contributed by atoms with Crippen molar-refractivity contribution in [3.63, 3.8) is 0 Å². The molecule has 0 saturated carbocycles. The molecule has 0 fully saturated rings. The van der Waals surface area contributed by atoms with Crippen LogP contribution in [-0.4, -0.2) is 5.91 Å². The number of carbonyl (C=O) groups is 1. The van der Waals surface area contributed by atoms with Gasteiger partial charge < -0.3 is 5.32 Å². The smallest absolute Gasteiger partial charge is 0.232 e. The van der Waals surface area contributed by atoms with Gasteiger partial charge >= 0.3 is 0 Å². The molecule has 102 valence electrons. The number of hydrogen-bond donors (Lipinski definition) is 1. The second-order valence-corrected chi connectivity index (χ2v) is 5.38. The van der Waals surface area contributed by atoms with E-state index in [1.165, 1.54) is 6.07 Å². The van der Waals surface area contributed by atoms with Crippen molar-refractivity contribution in [3.05, 3.63) is 64.5 Å². The third kappa shape index (κ3) is 2.09. The molecule has 1 atom stereocenters. The van der Waals surface area contributed by atoms with Gasteiger partial charge in [-0.1, -0.05) is 35.9 Å². The van der Waals surface area contributed by atoms with Gasteiger partial charge in [0, 0.05) is 5.69 Å². The molecule has 1 amide bonds. The molecule has 2 aromatic rings. The molecule has 1 aliphatic rings. The third-order valence-corrected chi connectivity index (χ3v) is 3.83. The zero-order chi connectivity index (χ0) is 14.3. The van der Waals surface area contributed by atoms with Crippen LogP contribution in [0, 0.1) is 19.7 Å². The predicted octanol–water partition coefficient (Wildman–Crippen LogP) is 3.72. The van der Waals surface area contributed by atoms with Crippen molar-refractivity contribution in [2.75, 3.05) is 5.32 Å². The Morgan fingerprint density at radius 3 is 2.70 bits per heavy atom. The highest BCUT2D eigenvalue weighted by Crippen LogP contribution is 2.38. The maximum Gasteiger partial charge on any atom is 0.232 e. The number of fused-ring (bicyclic) bond motifs is 1. The Balaban J connectivity index is 2.01. The van der Waals surface area contributed by atoms with E-state index < -0.39 is 0 Å². The Kier molecular flexibility index (Phi) is 3.05. The summed E-state index contributed by atoms with van der Waals surface area (Å²) in [5, 5.41) is 2.92. The van der Waals surface area contributed by atoms with Crippen molar-refractivity contribution in [1.82, 2.24) is 0 Å². The number of anilines is 1. The van der Waals surface area contributed by atoms with Crippen LogP contribution in [0.25, 0.3) is 0 Å². The van der Waals surface area contributed by atoms with E-state index in [9.17, 15) is 9.18 Å². The zero-order valence-electron chi connectivity index (χ0n) is 11.5. The molecule has 1 N–H and O–H groups in total. The first-order valence-electron chi connectivity index (χ1n) is 6.71. The van der Waals surface area contributed by atoms with E-state index in [1.807, 2.05) is 26.0 Å². The number of aryl methyl sites for hydroxylation is 2. The average Bonchev–Trinajstić information content (AvgIpc) is 2.70. The van der Waals surface area contributed by atoms with Gasteiger partial charge in [0.1, 0.15) is 5.82 Å². The quantitative estimate of drug-likeness (QED) is 0.884. The van der Waals surface area contributed by atoms with Crippen LogP contribution in [0.5, 0.6) is 0 Å². The van der Waals surface area contributed by atoms with E-state index in [-0.39, 0.29) is 17.6 Å². The van der Waals surface area contributed by atoms with E-state index >= 15 is 0 Å². The van der Waals surface area contributed by atoms with Crippen molar-refractivity contribution in [2.45, 2.75) is 26.2 Å². The van der Waals surface area contributed by atoms with Crippen molar-refractivity contribution in [2.24, 2.45) is 0 Å². The molecule has 3 heteroatoms. The van der Waals surface area contributed by atoms with E-state index in [0.29, 0.717) is 12.0 Å². The van der Waals surface area contributed by atoms with Crippen LogP contribution >= 0.6 is 0 Å². The minimum absolute atomic E-state index is 0.0445. The zero-order valence-corrected chi connectivity index (χ0v) is 11.5. The van der Waals surface area contributed by atoms with Crippen LogP contribution in [0.1, 0.15) is 28.2 Å². The number of amides is 1. The molecule has 0 saturated heterocycles. The molecule has 1 heterocycles. The summed E-state index contributed by atoms with van der Waals surface area (Å²) in [7, 11) is 0. The molecule has 20 heavy (non-hydrogen) atoms. The molecule has 0 radical (unpaired) electrons. The fraction of sp³-hybridized carbons (Fsp3) is 0.235. The topological polar surface area (TPSA) is 29.1 Å². The molecule has 2 nitrogen and oxygen atoms in total. The van der Waals surface area contributed by atoms with E-state index in [1.54, 1.807) is 18.2 Å². The highest BCUT2D eigenvalue weighted by Gasteiger charge is 2.32. The minimum Gasteiger partial charge on any atom is -0.325 e. The molecular formula is C17H16FNO. The minimum atomic E-state index is -0.305. The molecular weight excluding hydrogens is 253 g/mol. The Bertz CT molecular complexity index is 693. The number of benzene rings is 2. The van der Waals surface area contributed by atoms with Gasteiger partial charge in [0.15, 0.2) is 0 Å². The lowest BCUT2D eigenvalue weighted by atomic mass is 9.91. The number of halogens is 1. The van der Waals surface area contributed by atoms with Crippen molar-refractivity contribution in [3.8, 4) is 0 Å². The average molecular weight is 269 g/mol. The van der Waals surface area contributed by atoms with Gasteiger partial charge in [-0.05, 0) is 43.0 Å². The summed E-state index contributed by atoms with van der Waals surface area (Å²) in [5.74, 6) is -0.601. The number of nitrogens with one attached hydrogen (secondary N) is 1. The molecule has 3 rings (SSSR count). The van der Waals surface area contributed by atoms with Crippen LogP contribution in [0.15, 0.2) is 36.4 Å². The van der Waals surface area contributed by atoms with Gasteiger partial charge in [-0.2, -0.15) is 0 Å². The van der Waals surface area contributed by atoms with Gasteiger partial charge in [0.05, 0.1) is 5.92 Å². The van der Waals surface area contributed by atoms with Gasteiger partial charge in [0.25, 0.3) is 0 Å². The predicted molar refractivity (Wildman–Crippen MR) is 77.4 cm³/mol. The van der Waals surface area contributed by atoms with Crippen LogP contribution < -0.4 is 5.32 Å². The van der Waals surface area contributed by atoms with Crippen molar-refractivity contribution in [1.29, 1.82) is 0 Å². The van der Waals surface area contributed by atoms with Gasteiger partial charge in [0.2, 0.25) is 5.91 Å². The van der Waals surface area contributed by atoms with Crippen LogP contribution in [0.3, 0.4) is 0 Å². The van der Waals surface area contributed by atoms with E-state index in [4.69, 9.17) is 0 Å². The molecule has 0 bridgehead atoms. The number of rotatable bonds is 2. The fourth-order valence-corrected chi connectivity index (χ4v) is 2.88. The summed E-state index contributed by atoms with van der Waals surface area (Å²) in [6.07, 6.45) is 0.397. The van der Waals surface area contributed by atoms with Gasteiger partial charge in [-0.25, -0.2) is 4.39 Å². The third-order valence-electron chi connectivity index (χ3n) is 3.83. The Hall–Kier alpha value is -2.16. The summed E-state index contributed by atoms with van der Waals surface area (Å²) in [4.78, 5) is 12.2. The van der Waals surface area contributed by atoms with Crippen LogP contribution in [-0.2, 0) is 11.2 Å². The molecule has 2 aromatic carbocycles. The first-order chi connectivity index (χ1) is 9.56. The summed E-state index contributed by atoms with van der Waals surface area (Å²) in [6.45, 7) is 3.99. The van der Waals surface area contributed by atoms with E-state index in [0.717, 1.165) is 22.4 Å². The molecule has 0 spiro atoms. The number of carbonyl (C=O) groups excluding carboxylic acids is 1. The second-order valence-electron chi connectivity index (χ2n) is 5.38. The highest BCUT2D eigenvalue weighted by atomic mass is 19.1. The lowest BCUT2D eigenvalue weighted by Crippen LogP contribution is -2.15. The van der Waals surface area contributed by atoms with Crippen molar-refractivity contribution >= 4 is 11.6 Å². The highest BCUT2D eigenvalue weighted by molar-refractivity contribution is 6.04. The Labute approximate surface area is 117 Å². The normalized spacial score (nSPS) is 16.9.